The zero-order valence-electron chi connectivity index (χ0n) is 12.4. The van der Waals surface area contributed by atoms with Crippen LogP contribution in [0.4, 0.5) is 0 Å². The van der Waals surface area contributed by atoms with E-state index in [0.29, 0.717) is 6.04 Å². The Hall–Kier alpha value is -0.640. The van der Waals surface area contributed by atoms with E-state index in [1.807, 2.05) is 11.3 Å². The Kier molecular flexibility index (Phi) is 5.15. The molecule has 0 bridgehead atoms. The maximum absolute atomic E-state index is 3.71. The van der Waals surface area contributed by atoms with Crippen molar-refractivity contribution in [2.75, 3.05) is 6.54 Å². The molecule has 1 aliphatic rings. The van der Waals surface area contributed by atoms with Gasteiger partial charge in [-0.15, -0.1) is 11.3 Å². The number of hydrogen-bond acceptors (Lipinski definition) is 2. The number of hydrogen-bond donors (Lipinski definition) is 1. The molecule has 1 saturated carbocycles. The molecule has 1 aromatic heterocycles. The lowest BCUT2D eigenvalue weighted by Gasteiger charge is -2.27. The molecule has 3 heteroatoms. The van der Waals surface area contributed by atoms with Crippen LogP contribution in [0.25, 0.3) is 0 Å². The molecule has 2 aromatic rings. The molecular formula is C18H22BrNS. The third-order valence-corrected chi connectivity index (χ3v) is 6.26. The van der Waals surface area contributed by atoms with E-state index in [1.165, 1.54) is 39.7 Å². The predicted molar refractivity (Wildman–Crippen MR) is 95.2 cm³/mol. The highest BCUT2D eigenvalue weighted by molar-refractivity contribution is 9.10. The van der Waals surface area contributed by atoms with Crippen LogP contribution in [0.2, 0.25) is 0 Å². The number of benzene rings is 1. The Morgan fingerprint density at radius 3 is 2.81 bits per heavy atom. The minimum Gasteiger partial charge on any atom is -0.306 e. The Morgan fingerprint density at radius 1 is 1.33 bits per heavy atom. The van der Waals surface area contributed by atoms with Gasteiger partial charge in [-0.1, -0.05) is 37.6 Å². The van der Waals surface area contributed by atoms with Gasteiger partial charge in [-0.3, -0.25) is 0 Å². The largest absolute Gasteiger partial charge is 0.306 e. The molecule has 1 N–H and O–H groups in total. The fourth-order valence-electron chi connectivity index (χ4n) is 2.90. The molecule has 0 spiro atoms. The fraction of sp³-hybridized carbons (Fsp3) is 0.444. The molecule has 0 amide bonds. The molecule has 21 heavy (non-hydrogen) atoms. The Labute approximate surface area is 139 Å². The summed E-state index contributed by atoms with van der Waals surface area (Å²) < 4.78 is 1.22. The number of nitrogens with one attached hydrogen (secondary N) is 1. The first-order valence-corrected chi connectivity index (χ1v) is 9.53. The van der Waals surface area contributed by atoms with Gasteiger partial charge in [0.05, 0.1) is 6.04 Å². The number of thiophene rings is 1. The van der Waals surface area contributed by atoms with Gasteiger partial charge in [0.1, 0.15) is 0 Å². The average Bonchev–Trinajstić information content (AvgIpc) is 2.84. The summed E-state index contributed by atoms with van der Waals surface area (Å²) in [6.07, 6.45) is 5.27. The van der Waals surface area contributed by atoms with Gasteiger partial charge in [0, 0.05) is 9.35 Å². The highest BCUT2D eigenvalue weighted by Crippen LogP contribution is 2.39. The molecule has 0 radical (unpaired) electrons. The molecule has 3 rings (SSSR count). The van der Waals surface area contributed by atoms with Gasteiger partial charge in [-0.05, 0) is 70.2 Å². The van der Waals surface area contributed by atoms with Crippen LogP contribution in [0, 0.1) is 0 Å². The van der Waals surface area contributed by atoms with Crippen LogP contribution in [-0.4, -0.2) is 6.54 Å². The van der Waals surface area contributed by atoms with Gasteiger partial charge >= 0.3 is 0 Å². The van der Waals surface area contributed by atoms with E-state index in [1.54, 1.807) is 0 Å². The van der Waals surface area contributed by atoms with Crippen molar-refractivity contribution < 1.29 is 0 Å². The number of halogens is 1. The Bertz CT molecular complexity index is 588. The van der Waals surface area contributed by atoms with Crippen molar-refractivity contribution in [1.29, 1.82) is 0 Å². The van der Waals surface area contributed by atoms with Crippen molar-refractivity contribution >= 4 is 27.3 Å². The summed E-state index contributed by atoms with van der Waals surface area (Å²) in [7, 11) is 0. The second-order valence-electron chi connectivity index (χ2n) is 5.82. The van der Waals surface area contributed by atoms with Crippen molar-refractivity contribution in [1.82, 2.24) is 5.32 Å². The van der Waals surface area contributed by atoms with Crippen LogP contribution >= 0.6 is 27.3 Å². The van der Waals surface area contributed by atoms with Crippen molar-refractivity contribution in [3.8, 4) is 0 Å². The second kappa shape index (κ2) is 7.08. The molecule has 0 saturated heterocycles. The summed E-state index contributed by atoms with van der Waals surface area (Å²) in [5.74, 6) is 0.795. The van der Waals surface area contributed by atoms with Crippen LogP contribution in [0.15, 0.2) is 40.2 Å². The third kappa shape index (κ3) is 3.41. The van der Waals surface area contributed by atoms with Gasteiger partial charge in [-0.25, -0.2) is 0 Å². The quantitative estimate of drug-likeness (QED) is 0.676. The van der Waals surface area contributed by atoms with Crippen LogP contribution in [-0.2, 0) is 0 Å². The summed E-state index contributed by atoms with van der Waals surface area (Å²) in [6.45, 7) is 3.26. The first kappa shape index (κ1) is 15.3. The van der Waals surface area contributed by atoms with Gasteiger partial charge in [-0.2, -0.15) is 0 Å². The standard InChI is InChI=1S/C18H22BrNS/c1-2-10-20-17(18-16(19)9-11-21-18)15-8-4-7-14(12-15)13-5-3-6-13/h4,7-9,11-13,17,20H,2-3,5-6,10H2,1H3. The minimum atomic E-state index is 0.305. The summed E-state index contributed by atoms with van der Waals surface area (Å²) in [5, 5.41) is 5.87. The van der Waals surface area contributed by atoms with E-state index in [4.69, 9.17) is 0 Å². The molecular weight excluding hydrogens is 342 g/mol. The monoisotopic (exact) mass is 363 g/mol. The van der Waals surface area contributed by atoms with Gasteiger partial charge < -0.3 is 5.32 Å². The maximum Gasteiger partial charge on any atom is 0.0682 e. The third-order valence-electron chi connectivity index (χ3n) is 4.33. The molecule has 1 aromatic carbocycles. The molecule has 0 aliphatic heterocycles. The van der Waals surface area contributed by atoms with E-state index >= 15 is 0 Å². The lowest BCUT2D eigenvalue weighted by atomic mass is 9.79. The van der Waals surface area contributed by atoms with Gasteiger partial charge in [0.2, 0.25) is 0 Å². The molecule has 1 heterocycles. The van der Waals surface area contributed by atoms with E-state index < -0.39 is 0 Å². The second-order valence-corrected chi connectivity index (χ2v) is 7.62. The Morgan fingerprint density at radius 2 is 2.19 bits per heavy atom. The predicted octanol–water partition coefficient (Wildman–Crippen LogP) is 5.87. The summed E-state index contributed by atoms with van der Waals surface area (Å²) >= 11 is 5.53. The van der Waals surface area contributed by atoms with Crippen molar-refractivity contribution in [3.05, 3.63) is 56.2 Å². The highest BCUT2D eigenvalue weighted by atomic mass is 79.9. The van der Waals surface area contributed by atoms with Crippen molar-refractivity contribution in [3.63, 3.8) is 0 Å². The average molecular weight is 364 g/mol. The maximum atomic E-state index is 3.71. The molecule has 112 valence electrons. The molecule has 1 fully saturated rings. The highest BCUT2D eigenvalue weighted by Gasteiger charge is 2.22. The molecule has 1 aliphatic carbocycles. The first-order chi connectivity index (χ1) is 10.3. The summed E-state index contributed by atoms with van der Waals surface area (Å²) in [5.41, 5.74) is 2.92. The van der Waals surface area contributed by atoms with E-state index in [9.17, 15) is 0 Å². The van der Waals surface area contributed by atoms with Crippen molar-refractivity contribution in [2.45, 2.75) is 44.6 Å². The van der Waals surface area contributed by atoms with Gasteiger partial charge in [0.25, 0.3) is 0 Å². The first-order valence-electron chi connectivity index (χ1n) is 7.85. The van der Waals surface area contributed by atoms with Crippen molar-refractivity contribution in [2.24, 2.45) is 0 Å². The topological polar surface area (TPSA) is 12.0 Å². The molecule has 1 nitrogen and oxygen atoms in total. The van der Waals surface area contributed by atoms with E-state index in [0.717, 1.165) is 18.9 Å². The minimum absolute atomic E-state index is 0.305. The fourth-order valence-corrected chi connectivity index (χ4v) is 4.60. The lowest BCUT2D eigenvalue weighted by molar-refractivity contribution is 0.419. The Balaban J connectivity index is 1.90. The zero-order chi connectivity index (χ0) is 14.7. The normalized spacial score (nSPS) is 16.7. The lowest BCUT2D eigenvalue weighted by Crippen LogP contribution is -2.23. The molecule has 1 atom stereocenters. The van der Waals surface area contributed by atoms with Crippen LogP contribution in [0.5, 0.6) is 0 Å². The number of rotatable bonds is 6. The zero-order valence-corrected chi connectivity index (χ0v) is 14.8. The van der Waals surface area contributed by atoms with Crippen LogP contribution in [0.3, 0.4) is 0 Å². The van der Waals surface area contributed by atoms with Crippen LogP contribution < -0.4 is 5.32 Å². The van der Waals surface area contributed by atoms with E-state index in [2.05, 4.69) is 63.9 Å². The van der Waals surface area contributed by atoms with Crippen LogP contribution in [0.1, 0.15) is 60.6 Å². The summed E-state index contributed by atoms with van der Waals surface area (Å²) in [4.78, 5) is 1.38. The SMILES string of the molecule is CCCNC(c1cccc(C2CCC2)c1)c1sccc1Br. The van der Waals surface area contributed by atoms with E-state index in [-0.39, 0.29) is 0 Å². The molecule has 1 unspecified atom stereocenters. The summed E-state index contributed by atoms with van der Waals surface area (Å²) in [6, 6.07) is 11.7. The van der Waals surface area contributed by atoms with Gasteiger partial charge in [0.15, 0.2) is 0 Å². The smallest absolute Gasteiger partial charge is 0.0682 e.